The van der Waals surface area contributed by atoms with Crippen LogP contribution in [0.3, 0.4) is 0 Å². The lowest BCUT2D eigenvalue weighted by atomic mass is 9.74. The lowest BCUT2D eigenvalue weighted by Crippen LogP contribution is -2.46. The number of hydrogen-bond acceptors (Lipinski definition) is 4. The Hall–Kier alpha value is -1.76. The smallest absolute Gasteiger partial charge is 0.375 e. The van der Waals surface area contributed by atoms with Gasteiger partial charge in [0.15, 0.2) is 0 Å². The highest BCUT2D eigenvalue weighted by molar-refractivity contribution is 5.80. The number of alkyl halides is 3. The van der Waals surface area contributed by atoms with E-state index in [2.05, 4.69) is 15.0 Å². The summed E-state index contributed by atoms with van der Waals surface area (Å²) >= 11 is 0. The largest absolute Gasteiger partial charge is 0.419 e. The van der Waals surface area contributed by atoms with Gasteiger partial charge < -0.3 is 4.74 Å². The summed E-state index contributed by atoms with van der Waals surface area (Å²) in [4.78, 5) is 12.2. The lowest BCUT2D eigenvalue weighted by molar-refractivity contribution is -0.166. The molecule has 2 fully saturated rings. The summed E-state index contributed by atoms with van der Waals surface area (Å²) in [6.07, 6.45) is 3.85. The number of halogens is 3. The van der Waals surface area contributed by atoms with Crippen LogP contribution in [0.5, 0.6) is 0 Å². The number of rotatable bonds is 1. The molecule has 23 heavy (non-hydrogen) atoms. The molecule has 1 aliphatic carbocycles. The Morgan fingerprint density at radius 1 is 1.09 bits per heavy atom. The molecule has 122 valence electrons. The first-order valence-corrected chi connectivity index (χ1v) is 7.79. The average molecular weight is 323 g/mol. The van der Waals surface area contributed by atoms with Crippen molar-refractivity contribution in [2.45, 2.75) is 49.8 Å². The van der Waals surface area contributed by atoms with Crippen molar-refractivity contribution < 1.29 is 17.9 Å². The maximum absolute atomic E-state index is 13.1. The van der Waals surface area contributed by atoms with Crippen LogP contribution in [-0.4, -0.2) is 27.2 Å². The minimum Gasteiger partial charge on any atom is -0.375 e. The van der Waals surface area contributed by atoms with E-state index in [-0.39, 0.29) is 17.0 Å². The first-order chi connectivity index (χ1) is 11.0. The molecule has 0 N–H and O–H groups in total. The summed E-state index contributed by atoms with van der Waals surface area (Å²) < 4.78 is 45.1. The zero-order chi connectivity index (χ0) is 16.1. The number of nitrogens with zero attached hydrogens (tertiary/aromatic N) is 3. The fourth-order valence-electron chi connectivity index (χ4n) is 3.56. The van der Waals surface area contributed by atoms with Gasteiger partial charge in [-0.15, -0.1) is 0 Å². The van der Waals surface area contributed by atoms with Crippen molar-refractivity contribution >= 4 is 10.9 Å². The van der Waals surface area contributed by atoms with Crippen LogP contribution in [0.15, 0.2) is 18.6 Å². The Labute approximate surface area is 131 Å². The van der Waals surface area contributed by atoms with Crippen LogP contribution in [0.4, 0.5) is 13.2 Å². The third-order valence-corrected chi connectivity index (χ3v) is 5.04. The van der Waals surface area contributed by atoms with E-state index in [0.717, 1.165) is 44.9 Å². The predicted octanol–water partition coefficient (Wildman–Crippen LogP) is 3.86. The fourth-order valence-corrected chi connectivity index (χ4v) is 3.56. The summed E-state index contributed by atoms with van der Waals surface area (Å²) in [5, 5.41) is 0.318. The van der Waals surface area contributed by atoms with Crippen molar-refractivity contribution in [3.8, 4) is 0 Å². The Kier molecular flexibility index (Phi) is 3.30. The standard InChI is InChI=1S/C16H16F3N3O/c17-16(18,19)12-9-20-7-11-8-21-14(22-13(11)12)10-1-3-15(4-2-10)5-6-23-15/h7-10H,1-6H2. The van der Waals surface area contributed by atoms with Crippen molar-refractivity contribution in [1.82, 2.24) is 15.0 Å². The minimum absolute atomic E-state index is 0.0222. The van der Waals surface area contributed by atoms with Crippen LogP contribution in [0.2, 0.25) is 0 Å². The number of ether oxygens (including phenoxy) is 1. The minimum atomic E-state index is -4.46. The predicted molar refractivity (Wildman–Crippen MR) is 76.8 cm³/mol. The van der Waals surface area contributed by atoms with E-state index in [1.165, 1.54) is 12.4 Å². The first kappa shape index (κ1) is 14.8. The molecule has 0 aromatic carbocycles. The first-order valence-electron chi connectivity index (χ1n) is 7.79. The van der Waals surface area contributed by atoms with Crippen molar-refractivity contribution in [3.05, 3.63) is 30.0 Å². The van der Waals surface area contributed by atoms with E-state index >= 15 is 0 Å². The van der Waals surface area contributed by atoms with Crippen LogP contribution in [0.25, 0.3) is 10.9 Å². The van der Waals surface area contributed by atoms with E-state index < -0.39 is 11.7 Å². The van der Waals surface area contributed by atoms with Crippen LogP contribution in [-0.2, 0) is 10.9 Å². The Morgan fingerprint density at radius 2 is 1.83 bits per heavy atom. The zero-order valence-corrected chi connectivity index (χ0v) is 12.4. The summed E-state index contributed by atoms with van der Waals surface area (Å²) in [7, 11) is 0. The van der Waals surface area contributed by atoms with Gasteiger partial charge in [0, 0.05) is 29.9 Å². The van der Waals surface area contributed by atoms with Gasteiger partial charge in [-0.3, -0.25) is 4.98 Å². The van der Waals surface area contributed by atoms with E-state index in [1.807, 2.05) is 0 Å². The summed E-state index contributed by atoms with van der Waals surface area (Å²) in [5.41, 5.74) is -0.833. The third-order valence-electron chi connectivity index (χ3n) is 5.04. The SMILES string of the molecule is FC(F)(F)c1cncc2cnc(C3CCC4(CCO4)CC3)nc12. The van der Waals surface area contributed by atoms with E-state index in [1.54, 1.807) is 0 Å². The van der Waals surface area contributed by atoms with Gasteiger partial charge >= 0.3 is 6.18 Å². The van der Waals surface area contributed by atoms with Crippen LogP contribution >= 0.6 is 0 Å². The highest BCUT2D eigenvalue weighted by Crippen LogP contribution is 2.45. The Bertz CT molecular complexity index is 733. The van der Waals surface area contributed by atoms with Gasteiger partial charge in [0.1, 0.15) is 11.4 Å². The van der Waals surface area contributed by atoms with Crippen LogP contribution < -0.4 is 0 Å². The highest BCUT2D eigenvalue weighted by atomic mass is 19.4. The summed E-state index contributed by atoms with van der Waals surface area (Å²) in [6, 6.07) is 0. The fraction of sp³-hybridized carbons (Fsp3) is 0.562. The van der Waals surface area contributed by atoms with Crippen molar-refractivity contribution in [1.29, 1.82) is 0 Å². The van der Waals surface area contributed by atoms with Crippen molar-refractivity contribution in [3.63, 3.8) is 0 Å². The van der Waals surface area contributed by atoms with Gasteiger partial charge in [-0.25, -0.2) is 9.97 Å². The van der Waals surface area contributed by atoms with Gasteiger partial charge in [-0.05, 0) is 32.1 Å². The number of fused-ring (bicyclic) bond motifs is 1. The molecule has 2 aromatic heterocycles. The molecule has 1 aliphatic heterocycles. The normalized spacial score (nSPS) is 28.0. The van der Waals surface area contributed by atoms with E-state index in [9.17, 15) is 13.2 Å². The molecule has 0 bridgehead atoms. The molecule has 0 unspecified atom stereocenters. The Morgan fingerprint density at radius 3 is 2.43 bits per heavy atom. The van der Waals surface area contributed by atoms with Gasteiger partial charge in [-0.1, -0.05) is 0 Å². The number of pyridine rings is 1. The van der Waals surface area contributed by atoms with E-state index in [0.29, 0.717) is 11.2 Å². The molecule has 4 rings (SSSR count). The molecule has 1 spiro atoms. The molecule has 4 nitrogen and oxygen atoms in total. The maximum Gasteiger partial charge on any atom is 0.419 e. The molecule has 3 heterocycles. The zero-order valence-electron chi connectivity index (χ0n) is 12.4. The maximum atomic E-state index is 13.1. The number of hydrogen-bond donors (Lipinski definition) is 0. The second-order valence-corrected chi connectivity index (χ2v) is 6.41. The Balaban J connectivity index is 1.66. The number of aromatic nitrogens is 3. The molecule has 2 aromatic rings. The van der Waals surface area contributed by atoms with Crippen LogP contribution in [0.1, 0.15) is 49.4 Å². The lowest BCUT2D eigenvalue weighted by Gasteiger charge is -2.46. The van der Waals surface area contributed by atoms with Gasteiger partial charge in [0.25, 0.3) is 0 Å². The molecule has 1 saturated carbocycles. The van der Waals surface area contributed by atoms with Crippen LogP contribution in [0, 0.1) is 0 Å². The van der Waals surface area contributed by atoms with Gasteiger partial charge in [0.05, 0.1) is 17.7 Å². The molecule has 2 aliphatic rings. The second-order valence-electron chi connectivity index (χ2n) is 6.41. The van der Waals surface area contributed by atoms with Crippen molar-refractivity contribution in [2.75, 3.05) is 6.61 Å². The molecule has 1 saturated heterocycles. The molecular weight excluding hydrogens is 307 g/mol. The van der Waals surface area contributed by atoms with E-state index in [4.69, 9.17) is 4.74 Å². The molecule has 0 amide bonds. The quantitative estimate of drug-likeness (QED) is 0.799. The second kappa shape index (κ2) is 5.12. The summed E-state index contributed by atoms with van der Waals surface area (Å²) in [5.74, 6) is 0.604. The molecule has 0 radical (unpaired) electrons. The van der Waals surface area contributed by atoms with Gasteiger partial charge in [0.2, 0.25) is 0 Å². The molecular formula is C16H16F3N3O. The average Bonchev–Trinajstić information content (AvgIpc) is 2.51. The summed E-state index contributed by atoms with van der Waals surface area (Å²) in [6.45, 7) is 0.819. The third kappa shape index (κ3) is 2.56. The molecule has 7 heteroatoms. The van der Waals surface area contributed by atoms with Gasteiger partial charge in [-0.2, -0.15) is 13.2 Å². The topological polar surface area (TPSA) is 47.9 Å². The van der Waals surface area contributed by atoms with Crippen molar-refractivity contribution in [2.24, 2.45) is 0 Å². The molecule has 0 atom stereocenters. The monoisotopic (exact) mass is 323 g/mol. The highest BCUT2D eigenvalue weighted by Gasteiger charge is 2.42.